The fourth-order valence-corrected chi connectivity index (χ4v) is 0.207. The van der Waals surface area contributed by atoms with Gasteiger partial charge < -0.3 is 0 Å². The molecular weight excluding hydrogens is 85.5 g/mol. The molecule has 0 aliphatic carbocycles. The van der Waals surface area contributed by atoms with Gasteiger partial charge in [-0.1, -0.05) is 0 Å². The Morgan fingerprint density at radius 3 is 2.60 bits per heavy atom. The topological polar surface area (TPSA) is 12.4 Å². The monoisotopic (exact) mass is 91.0 g/mol. The van der Waals surface area contributed by atoms with Crippen molar-refractivity contribution < 1.29 is 0 Å². The number of nitrogens with zero attached hydrogens (tertiary/aromatic N) is 1. The van der Waals surface area contributed by atoms with Crippen LogP contribution < -0.4 is 0 Å². The van der Waals surface area contributed by atoms with Crippen LogP contribution in [0.2, 0.25) is 0 Å². The van der Waals surface area contributed by atoms with Crippen molar-refractivity contribution in [3.63, 3.8) is 0 Å². The van der Waals surface area contributed by atoms with Gasteiger partial charge in [-0.05, 0) is 0 Å². The third-order valence-corrected chi connectivity index (χ3v) is 0.390. The molecule has 0 saturated carbocycles. The Balaban J connectivity index is 2.62. The van der Waals surface area contributed by atoms with Crippen molar-refractivity contribution in [2.24, 2.45) is 4.99 Å². The Bertz CT molecular complexity index is 33.9. The minimum Gasteiger partial charge on any atom is -0.300 e. The largest absolute Gasteiger partial charge is 0.300 e. The Morgan fingerprint density at radius 1 is 2.00 bits per heavy atom. The maximum Gasteiger partial charge on any atom is 0.0573 e. The van der Waals surface area contributed by atoms with E-state index in [4.69, 9.17) is 11.6 Å². The van der Waals surface area contributed by atoms with Crippen LogP contribution in [0.5, 0.6) is 0 Å². The van der Waals surface area contributed by atoms with Crippen molar-refractivity contribution in [3.05, 3.63) is 0 Å². The van der Waals surface area contributed by atoms with Crippen LogP contribution in [0.25, 0.3) is 0 Å². The molecule has 0 aromatic rings. The number of rotatable bonds is 1. The van der Waals surface area contributed by atoms with Gasteiger partial charge in [0.1, 0.15) is 0 Å². The van der Waals surface area contributed by atoms with Crippen molar-refractivity contribution >= 4 is 17.8 Å². The van der Waals surface area contributed by atoms with Gasteiger partial charge in [-0.25, -0.2) is 0 Å². The molecule has 1 nitrogen and oxygen atoms in total. The molecule has 0 radical (unpaired) electrons. The van der Waals surface area contributed by atoms with Gasteiger partial charge in [-0.15, -0.1) is 11.6 Å². The molecule has 0 aromatic heterocycles. The third-order valence-electron chi connectivity index (χ3n) is 0.252. The lowest BCUT2D eigenvalue weighted by molar-refractivity contribution is 1.46. The molecule has 2 heteroatoms. The van der Waals surface area contributed by atoms with Gasteiger partial charge in [0.15, 0.2) is 0 Å². The first-order chi connectivity index (χ1) is 2.41. The summed E-state index contributed by atoms with van der Waals surface area (Å²) in [4.78, 5) is 3.60. The second-order valence-corrected chi connectivity index (χ2v) is 0.904. The average Bonchev–Trinajstić information content (AvgIpc) is 1.41. The SMILES string of the molecule is CN=CCCl. The number of hydrogen-bond acceptors (Lipinski definition) is 1. The summed E-state index contributed by atoms with van der Waals surface area (Å²) in [6.45, 7) is 0. The lowest BCUT2D eigenvalue weighted by Crippen LogP contribution is -1.67. The maximum absolute atomic E-state index is 5.15. The molecule has 0 aliphatic rings. The molecule has 0 heterocycles. The van der Waals surface area contributed by atoms with Crippen LogP contribution in [-0.4, -0.2) is 19.1 Å². The van der Waals surface area contributed by atoms with Crippen molar-refractivity contribution in [2.75, 3.05) is 12.9 Å². The summed E-state index contributed by atoms with van der Waals surface area (Å²) >= 11 is 5.15. The number of alkyl halides is 1. The van der Waals surface area contributed by atoms with Crippen molar-refractivity contribution in [3.8, 4) is 0 Å². The molecule has 0 spiro atoms. The van der Waals surface area contributed by atoms with Gasteiger partial charge in [-0.3, -0.25) is 4.99 Å². The normalized spacial score (nSPS) is 10.0. The smallest absolute Gasteiger partial charge is 0.0573 e. The van der Waals surface area contributed by atoms with Gasteiger partial charge in [-0.2, -0.15) is 0 Å². The first kappa shape index (κ1) is 4.96. The van der Waals surface area contributed by atoms with E-state index in [0.29, 0.717) is 5.88 Å². The van der Waals surface area contributed by atoms with E-state index in [9.17, 15) is 0 Å². The van der Waals surface area contributed by atoms with Crippen LogP contribution in [-0.2, 0) is 0 Å². The van der Waals surface area contributed by atoms with Crippen LogP contribution in [0.3, 0.4) is 0 Å². The fraction of sp³-hybridized carbons (Fsp3) is 0.667. The van der Waals surface area contributed by atoms with Gasteiger partial charge in [0.05, 0.1) is 5.88 Å². The molecule has 0 fully saturated rings. The number of hydrogen-bond donors (Lipinski definition) is 0. The lowest BCUT2D eigenvalue weighted by atomic mass is 10.9. The van der Waals surface area contributed by atoms with E-state index in [1.807, 2.05) is 0 Å². The van der Waals surface area contributed by atoms with Crippen molar-refractivity contribution in [1.29, 1.82) is 0 Å². The molecule has 0 N–H and O–H groups in total. The van der Waals surface area contributed by atoms with Crippen LogP contribution in [0.4, 0.5) is 0 Å². The van der Waals surface area contributed by atoms with E-state index in [2.05, 4.69) is 4.99 Å². The van der Waals surface area contributed by atoms with Crippen LogP contribution in [0.1, 0.15) is 0 Å². The molecule has 0 aliphatic heterocycles. The Labute approximate surface area is 36.7 Å². The van der Waals surface area contributed by atoms with Crippen molar-refractivity contribution in [2.45, 2.75) is 0 Å². The molecular formula is C3H6ClN. The predicted octanol–water partition coefficient (Wildman–Crippen LogP) is 0.926. The summed E-state index contributed by atoms with van der Waals surface area (Å²) in [5.74, 6) is 0.524. The Hall–Kier alpha value is -0.0400. The Kier molecular flexibility index (Phi) is 3.93. The maximum atomic E-state index is 5.15. The first-order valence-electron chi connectivity index (χ1n) is 1.38. The summed E-state index contributed by atoms with van der Waals surface area (Å²) in [5, 5.41) is 0. The molecule has 0 aromatic carbocycles. The zero-order valence-electron chi connectivity index (χ0n) is 3.11. The van der Waals surface area contributed by atoms with E-state index in [1.165, 1.54) is 0 Å². The van der Waals surface area contributed by atoms with E-state index in [0.717, 1.165) is 0 Å². The Morgan fingerprint density at radius 2 is 2.60 bits per heavy atom. The van der Waals surface area contributed by atoms with Crippen LogP contribution >= 0.6 is 11.6 Å². The van der Waals surface area contributed by atoms with Gasteiger partial charge in [0.25, 0.3) is 0 Å². The van der Waals surface area contributed by atoms with E-state index < -0.39 is 0 Å². The molecule has 0 atom stereocenters. The standard InChI is InChI=1S/C3H6ClN/c1-5-3-2-4/h3H,2H2,1H3. The fourth-order valence-electron chi connectivity index (χ4n) is 0.0690. The van der Waals surface area contributed by atoms with Crippen molar-refractivity contribution in [1.82, 2.24) is 0 Å². The minimum absolute atomic E-state index is 0.524. The predicted molar refractivity (Wildman–Crippen MR) is 25.1 cm³/mol. The summed E-state index contributed by atoms with van der Waals surface area (Å²) in [6, 6.07) is 0. The van der Waals surface area contributed by atoms with E-state index in [1.54, 1.807) is 13.3 Å². The lowest BCUT2D eigenvalue weighted by Gasteiger charge is -1.63. The summed E-state index contributed by atoms with van der Waals surface area (Å²) < 4.78 is 0. The zero-order chi connectivity index (χ0) is 4.12. The van der Waals surface area contributed by atoms with E-state index >= 15 is 0 Å². The van der Waals surface area contributed by atoms with Gasteiger partial charge in [0, 0.05) is 13.3 Å². The van der Waals surface area contributed by atoms with E-state index in [-0.39, 0.29) is 0 Å². The second-order valence-electron chi connectivity index (χ2n) is 0.595. The summed E-state index contributed by atoms with van der Waals surface area (Å²) in [6.07, 6.45) is 1.64. The first-order valence-corrected chi connectivity index (χ1v) is 1.92. The molecule has 5 heavy (non-hydrogen) atoms. The van der Waals surface area contributed by atoms with Crippen LogP contribution in [0.15, 0.2) is 4.99 Å². The molecule has 0 saturated heterocycles. The zero-order valence-corrected chi connectivity index (χ0v) is 3.87. The second kappa shape index (κ2) is 3.96. The molecule has 0 unspecified atom stereocenters. The average molecular weight is 91.5 g/mol. The minimum atomic E-state index is 0.524. The highest BCUT2D eigenvalue weighted by Gasteiger charge is 1.55. The number of halogens is 1. The number of aliphatic imine (C=N–C) groups is 1. The van der Waals surface area contributed by atoms with Crippen LogP contribution in [0, 0.1) is 0 Å². The molecule has 0 rings (SSSR count). The van der Waals surface area contributed by atoms with Gasteiger partial charge >= 0.3 is 0 Å². The summed E-state index contributed by atoms with van der Waals surface area (Å²) in [5.41, 5.74) is 0. The third kappa shape index (κ3) is 3.96. The highest BCUT2D eigenvalue weighted by atomic mass is 35.5. The highest BCUT2D eigenvalue weighted by Crippen LogP contribution is 1.62. The highest BCUT2D eigenvalue weighted by molar-refractivity contribution is 6.24. The molecule has 30 valence electrons. The molecule has 0 bridgehead atoms. The van der Waals surface area contributed by atoms with Gasteiger partial charge in [0.2, 0.25) is 0 Å². The summed E-state index contributed by atoms with van der Waals surface area (Å²) in [7, 11) is 1.70. The quantitative estimate of drug-likeness (QED) is 0.336. The molecule has 0 amide bonds.